The lowest BCUT2D eigenvalue weighted by atomic mass is 9.83. The molecule has 0 radical (unpaired) electrons. The second-order valence-corrected chi connectivity index (χ2v) is 7.77. The van der Waals surface area contributed by atoms with Crippen LogP contribution < -0.4 is 0 Å². The Hall–Kier alpha value is -1.31. The molecule has 2 heteroatoms. The van der Waals surface area contributed by atoms with E-state index in [4.69, 9.17) is 4.74 Å². The lowest BCUT2D eigenvalue weighted by Crippen LogP contribution is -2.41. The molecule has 0 aromatic heterocycles. The smallest absolute Gasteiger partial charge is 0.312 e. The van der Waals surface area contributed by atoms with Gasteiger partial charge >= 0.3 is 5.97 Å². The highest BCUT2D eigenvalue weighted by Crippen LogP contribution is 2.35. The van der Waals surface area contributed by atoms with E-state index in [0.29, 0.717) is 5.92 Å². The second kappa shape index (κ2) is 6.44. The lowest BCUT2D eigenvalue weighted by molar-refractivity contribution is -0.173. The van der Waals surface area contributed by atoms with Crippen molar-refractivity contribution >= 4 is 5.97 Å². The first-order valence-corrected chi connectivity index (χ1v) is 8.56. The highest BCUT2D eigenvalue weighted by Gasteiger charge is 2.38. The van der Waals surface area contributed by atoms with Crippen molar-refractivity contribution in [2.24, 2.45) is 11.3 Å². The zero-order valence-electron chi connectivity index (χ0n) is 14.7. The minimum absolute atomic E-state index is 0.0678. The average Bonchev–Trinajstić information content (AvgIpc) is 2.69. The number of benzene rings is 1. The first-order chi connectivity index (χ1) is 10.3. The van der Waals surface area contributed by atoms with E-state index in [9.17, 15) is 4.79 Å². The predicted octanol–water partition coefficient (Wildman–Crippen LogP) is 4.94. The molecule has 2 nitrogen and oxygen atoms in total. The largest absolute Gasteiger partial charge is 0.459 e. The van der Waals surface area contributed by atoms with Gasteiger partial charge in [-0.05, 0) is 76.8 Å². The number of aryl methyl sites for hydroxylation is 2. The van der Waals surface area contributed by atoms with E-state index in [0.717, 1.165) is 32.1 Å². The van der Waals surface area contributed by atoms with Gasteiger partial charge in [-0.2, -0.15) is 0 Å². The standard InChI is InChI=1S/C20H30O2/c1-6-19(2,3)18(21)22-20(4,5)17-13-11-15-9-7-8-10-16(15)12-14-17/h7-10,17H,6,11-14H2,1-5H3. The fourth-order valence-corrected chi connectivity index (χ4v) is 3.15. The Balaban J connectivity index is 2.06. The van der Waals surface area contributed by atoms with Crippen LogP contribution in [0.25, 0.3) is 0 Å². The van der Waals surface area contributed by atoms with Crippen molar-refractivity contribution in [2.45, 2.75) is 72.3 Å². The summed E-state index contributed by atoms with van der Waals surface area (Å²) < 4.78 is 5.95. The van der Waals surface area contributed by atoms with Crippen LogP contribution in [0.3, 0.4) is 0 Å². The van der Waals surface area contributed by atoms with Crippen molar-refractivity contribution in [3.8, 4) is 0 Å². The van der Waals surface area contributed by atoms with Crippen LogP contribution in [0.4, 0.5) is 0 Å². The Labute approximate surface area is 135 Å². The van der Waals surface area contributed by atoms with E-state index < -0.39 is 11.0 Å². The molecule has 0 saturated carbocycles. The quantitative estimate of drug-likeness (QED) is 0.581. The maximum atomic E-state index is 12.4. The van der Waals surface area contributed by atoms with Gasteiger partial charge in [0.1, 0.15) is 5.60 Å². The molecule has 0 fully saturated rings. The van der Waals surface area contributed by atoms with Crippen LogP contribution in [-0.4, -0.2) is 11.6 Å². The minimum atomic E-state index is -0.398. The van der Waals surface area contributed by atoms with Gasteiger partial charge < -0.3 is 4.74 Å². The summed E-state index contributed by atoms with van der Waals surface area (Å²) >= 11 is 0. The number of hydrogen-bond donors (Lipinski definition) is 0. The fraction of sp³-hybridized carbons (Fsp3) is 0.650. The van der Waals surface area contributed by atoms with Crippen LogP contribution in [0.15, 0.2) is 24.3 Å². The SMILES string of the molecule is CCC(C)(C)C(=O)OC(C)(C)C1CCc2ccccc2CC1. The van der Waals surface area contributed by atoms with Crippen LogP contribution in [0.1, 0.15) is 65.0 Å². The number of carbonyl (C=O) groups excluding carboxylic acids is 1. The molecule has 0 bridgehead atoms. The van der Waals surface area contributed by atoms with E-state index in [1.807, 2.05) is 20.8 Å². The molecule has 0 N–H and O–H groups in total. The Morgan fingerprint density at radius 3 is 2.05 bits per heavy atom. The maximum Gasteiger partial charge on any atom is 0.312 e. The molecule has 0 heterocycles. The number of esters is 1. The molecular formula is C20H30O2. The third-order valence-electron chi connectivity index (χ3n) is 5.42. The summed E-state index contributed by atoms with van der Waals surface area (Å²) in [5, 5.41) is 0. The molecule has 0 unspecified atom stereocenters. The summed E-state index contributed by atoms with van der Waals surface area (Å²) in [5.41, 5.74) is 2.12. The van der Waals surface area contributed by atoms with Crippen LogP contribution in [0, 0.1) is 11.3 Å². The van der Waals surface area contributed by atoms with Gasteiger partial charge in [0.05, 0.1) is 5.41 Å². The van der Waals surface area contributed by atoms with E-state index in [1.54, 1.807) is 0 Å². The fourth-order valence-electron chi connectivity index (χ4n) is 3.15. The number of carbonyl (C=O) groups is 1. The number of ether oxygens (including phenoxy) is 1. The highest BCUT2D eigenvalue weighted by atomic mass is 16.6. The highest BCUT2D eigenvalue weighted by molar-refractivity contribution is 5.76. The summed E-state index contributed by atoms with van der Waals surface area (Å²) in [5.74, 6) is 0.346. The lowest BCUT2D eigenvalue weighted by Gasteiger charge is -2.36. The van der Waals surface area contributed by atoms with Crippen molar-refractivity contribution in [3.05, 3.63) is 35.4 Å². The van der Waals surface area contributed by atoms with Crippen LogP contribution in [-0.2, 0) is 22.4 Å². The van der Waals surface area contributed by atoms with Crippen LogP contribution in [0.5, 0.6) is 0 Å². The molecule has 22 heavy (non-hydrogen) atoms. The summed E-state index contributed by atoms with van der Waals surface area (Å²) in [6.45, 7) is 10.1. The summed E-state index contributed by atoms with van der Waals surface area (Å²) in [4.78, 5) is 12.4. The Morgan fingerprint density at radius 2 is 1.59 bits per heavy atom. The van der Waals surface area contributed by atoms with Crippen molar-refractivity contribution in [1.29, 1.82) is 0 Å². The minimum Gasteiger partial charge on any atom is -0.459 e. The van der Waals surface area contributed by atoms with Crippen molar-refractivity contribution in [1.82, 2.24) is 0 Å². The van der Waals surface area contributed by atoms with Crippen molar-refractivity contribution in [3.63, 3.8) is 0 Å². The molecule has 0 aliphatic heterocycles. The molecule has 122 valence electrons. The molecular weight excluding hydrogens is 272 g/mol. The number of rotatable bonds is 4. The molecule has 1 aromatic carbocycles. The summed E-state index contributed by atoms with van der Waals surface area (Å²) in [6.07, 6.45) is 5.14. The van der Waals surface area contributed by atoms with Crippen molar-refractivity contribution in [2.75, 3.05) is 0 Å². The molecule has 0 atom stereocenters. The summed E-state index contributed by atoms with van der Waals surface area (Å²) in [7, 11) is 0. The van der Waals surface area contributed by atoms with Gasteiger partial charge in [-0.3, -0.25) is 4.79 Å². The Bertz CT molecular complexity index is 501. The predicted molar refractivity (Wildman–Crippen MR) is 90.8 cm³/mol. The monoisotopic (exact) mass is 302 g/mol. The van der Waals surface area contributed by atoms with Gasteiger partial charge in [-0.1, -0.05) is 31.2 Å². The first-order valence-electron chi connectivity index (χ1n) is 8.56. The van der Waals surface area contributed by atoms with Crippen LogP contribution >= 0.6 is 0 Å². The Morgan fingerprint density at radius 1 is 1.09 bits per heavy atom. The van der Waals surface area contributed by atoms with Gasteiger partial charge in [-0.25, -0.2) is 0 Å². The van der Waals surface area contributed by atoms with E-state index >= 15 is 0 Å². The van der Waals surface area contributed by atoms with E-state index in [2.05, 4.69) is 38.1 Å². The molecule has 0 amide bonds. The normalized spacial score (nSPS) is 16.8. The third kappa shape index (κ3) is 3.71. The van der Waals surface area contributed by atoms with Gasteiger partial charge in [0.25, 0.3) is 0 Å². The third-order valence-corrected chi connectivity index (χ3v) is 5.42. The van der Waals surface area contributed by atoms with Gasteiger partial charge in [0, 0.05) is 0 Å². The number of fused-ring (bicyclic) bond motifs is 1. The molecule has 1 aliphatic rings. The zero-order chi connectivity index (χ0) is 16.4. The average molecular weight is 302 g/mol. The van der Waals surface area contributed by atoms with Gasteiger partial charge in [0.2, 0.25) is 0 Å². The molecule has 2 rings (SSSR count). The summed E-state index contributed by atoms with van der Waals surface area (Å²) in [6, 6.07) is 8.70. The second-order valence-electron chi connectivity index (χ2n) is 7.77. The van der Waals surface area contributed by atoms with Gasteiger partial charge in [0.15, 0.2) is 0 Å². The van der Waals surface area contributed by atoms with E-state index in [-0.39, 0.29) is 5.97 Å². The van der Waals surface area contributed by atoms with E-state index in [1.165, 1.54) is 11.1 Å². The first kappa shape index (κ1) is 17.1. The van der Waals surface area contributed by atoms with Crippen molar-refractivity contribution < 1.29 is 9.53 Å². The Kier molecular flexibility index (Phi) is 4.99. The number of hydrogen-bond acceptors (Lipinski definition) is 2. The topological polar surface area (TPSA) is 26.3 Å². The molecule has 0 saturated heterocycles. The zero-order valence-corrected chi connectivity index (χ0v) is 14.7. The van der Waals surface area contributed by atoms with Gasteiger partial charge in [-0.15, -0.1) is 0 Å². The molecule has 1 aliphatic carbocycles. The maximum absolute atomic E-state index is 12.4. The van der Waals surface area contributed by atoms with Crippen LogP contribution in [0.2, 0.25) is 0 Å². The molecule has 0 spiro atoms. The molecule has 1 aromatic rings.